The Bertz CT molecular complexity index is 1130. The molecular formula is C15H10O7S3. The van der Waals surface area contributed by atoms with Crippen LogP contribution in [0.3, 0.4) is 0 Å². The molecule has 0 amide bonds. The topological polar surface area (TPSA) is 126 Å². The molecule has 2 N–H and O–H groups in total. The maximum atomic E-state index is 12.4. The molecule has 0 bridgehead atoms. The van der Waals surface area contributed by atoms with Crippen molar-refractivity contribution < 1.29 is 30.7 Å². The summed E-state index contributed by atoms with van der Waals surface area (Å²) in [6, 6.07) is 9.54. The molecule has 0 saturated carbocycles. The molecule has 7 nitrogen and oxygen atoms in total. The van der Waals surface area contributed by atoms with Crippen LogP contribution in [0.25, 0.3) is 6.08 Å². The Morgan fingerprint density at radius 3 is 2.20 bits per heavy atom. The highest BCUT2D eigenvalue weighted by molar-refractivity contribution is 8.04. The molecule has 0 aromatic heterocycles. The highest BCUT2D eigenvalue weighted by Crippen LogP contribution is 2.41. The third-order valence-corrected chi connectivity index (χ3v) is 6.28. The number of hydrogen-bond acceptors (Lipinski definition) is 6. The van der Waals surface area contributed by atoms with Gasteiger partial charge in [0, 0.05) is 10.5 Å². The van der Waals surface area contributed by atoms with Crippen LogP contribution in [0.5, 0.6) is 0 Å². The Labute approximate surface area is 147 Å². The van der Waals surface area contributed by atoms with Gasteiger partial charge in [-0.05, 0) is 35.9 Å². The van der Waals surface area contributed by atoms with E-state index in [-0.39, 0.29) is 16.3 Å². The molecule has 10 heteroatoms. The Morgan fingerprint density at radius 2 is 1.60 bits per heavy atom. The summed E-state index contributed by atoms with van der Waals surface area (Å²) in [6.45, 7) is 0. The van der Waals surface area contributed by atoms with Crippen molar-refractivity contribution in [2.45, 2.75) is 14.7 Å². The van der Waals surface area contributed by atoms with Gasteiger partial charge in [0.2, 0.25) is 5.78 Å². The van der Waals surface area contributed by atoms with Gasteiger partial charge in [-0.15, -0.1) is 0 Å². The van der Waals surface area contributed by atoms with E-state index in [9.17, 15) is 26.2 Å². The van der Waals surface area contributed by atoms with Gasteiger partial charge in [0.05, 0.1) is 9.80 Å². The molecule has 0 aliphatic carbocycles. The van der Waals surface area contributed by atoms with Crippen molar-refractivity contribution in [2.75, 3.05) is 0 Å². The van der Waals surface area contributed by atoms with Crippen LogP contribution in [0.15, 0.2) is 62.1 Å². The predicted molar refractivity (Wildman–Crippen MR) is 90.7 cm³/mol. The van der Waals surface area contributed by atoms with Crippen molar-refractivity contribution >= 4 is 43.9 Å². The molecule has 3 rings (SSSR count). The summed E-state index contributed by atoms with van der Waals surface area (Å²) >= 11 is 1.14. The molecule has 130 valence electrons. The molecular weight excluding hydrogens is 388 g/mol. The smallest absolute Gasteiger partial charge is 0.288 e. The number of rotatable bonds is 3. The fraction of sp³-hybridized carbons (Fsp3) is 0. The van der Waals surface area contributed by atoms with E-state index in [1.807, 2.05) is 0 Å². The van der Waals surface area contributed by atoms with Crippen LogP contribution in [-0.4, -0.2) is 31.7 Å². The highest BCUT2D eigenvalue weighted by Gasteiger charge is 2.27. The lowest BCUT2D eigenvalue weighted by atomic mass is 10.1. The van der Waals surface area contributed by atoms with Gasteiger partial charge < -0.3 is 0 Å². The first-order valence-corrected chi connectivity index (χ1v) is 10.4. The minimum absolute atomic E-state index is 0.0708. The lowest BCUT2D eigenvalue weighted by molar-refractivity contribution is 0.104. The van der Waals surface area contributed by atoms with Gasteiger partial charge in [0.1, 0.15) is 4.90 Å². The first kappa shape index (κ1) is 17.8. The standard InChI is InChI=1S/C15H10O7S3/c16-15-11-3-1-2-4-12(11)23-13(15)7-9-5-6-10(24(17,18)19)8-14(9)25(20,21)22/h1-8H,(H,17,18,19)(H,20,21,22)/b13-7-. The van der Waals surface area contributed by atoms with Crippen LogP contribution < -0.4 is 0 Å². The zero-order valence-corrected chi connectivity index (χ0v) is 14.7. The predicted octanol–water partition coefficient (Wildman–Crippen LogP) is 2.51. The third kappa shape index (κ3) is 3.53. The van der Waals surface area contributed by atoms with E-state index in [1.54, 1.807) is 24.3 Å². The van der Waals surface area contributed by atoms with E-state index in [1.165, 1.54) is 6.08 Å². The Morgan fingerprint density at radius 1 is 0.920 bits per heavy atom. The molecule has 2 aromatic carbocycles. The van der Waals surface area contributed by atoms with Crippen LogP contribution in [-0.2, 0) is 20.2 Å². The number of ketones is 1. The number of Topliss-reactive ketones (excluding diaryl/α,β-unsaturated/α-hetero) is 1. The van der Waals surface area contributed by atoms with Crippen molar-refractivity contribution in [3.8, 4) is 0 Å². The number of benzene rings is 2. The normalized spacial score (nSPS) is 16.2. The van der Waals surface area contributed by atoms with E-state index in [0.29, 0.717) is 16.5 Å². The first-order valence-electron chi connectivity index (χ1n) is 6.70. The van der Waals surface area contributed by atoms with Gasteiger partial charge in [0.25, 0.3) is 20.2 Å². The zero-order chi connectivity index (χ0) is 18.4. The molecule has 25 heavy (non-hydrogen) atoms. The summed E-state index contributed by atoms with van der Waals surface area (Å²) < 4.78 is 63.9. The summed E-state index contributed by atoms with van der Waals surface area (Å²) in [5.74, 6) is -0.305. The first-order chi connectivity index (χ1) is 11.6. The van der Waals surface area contributed by atoms with Crippen LogP contribution in [0.2, 0.25) is 0 Å². The average molecular weight is 398 g/mol. The quantitative estimate of drug-likeness (QED) is 0.597. The number of carbonyl (C=O) groups excluding carboxylic acids is 1. The second-order valence-electron chi connectivity index (χ2n) is 5.09. The summed E-state index contributed by atoms with van der Waals surface area (Å²) in [5, 5.41) is 0. The number of allylic oxidation sites excluding steroid dienone is 1. The van der Waals surface area contributed by atoms with Crippen LogP contribution >= 0.6 is 11.8 Å². The van der Waals surface area contributed by atoms with E-state index in [4.69, 9.17) is 4.55 Å². The Hall–Kier alpha value is -1.98. The molecule has 2 aromatic rings. The van der Waals surface area contributed by atoms with Crippen molar-refractivity contribution in [3.05, 3.63) is 58.5 Å². The van der Waals surface area contributed by atoms with Crippen molar-refractivity contribution in [3.63, 3.8) is 0 Å². The average Bonchev–Trinajstić information content (AvgIpc) is 2.82. The molecule has 1 heterocycles. The number of fused-ring (bicyclic) bond motifs is 1. The van der Waals surface area contributed by atoms with Gasteiger partial charge in [-0.2, -0.15) is 16.8 Å². The largest absolute Gasteiger partial charge is 0.295 e. The number of carbonyl (C=O) groups is 1. The van der Waals surface area contributed by atoms with E-state index in [2.05, 4.69) is 0 Å². The Kier molecular flexibility index (Phi) is 4.33. The number of hydrogen-bond donors (Lipinski definition) is 2. The summed E-state index contributed by atoms with van der Waals surface area (Å²) in [7, 11) is -9.44. The SMILES string of the molecule is O=C1/C(=C/c2ccc(S(=O)(=O)O)cc2S(=O)(=O)O)Sc2ccccc21. The van der Waals surface area contributed by atoms with Gasteiger partial charge in [-0.25, -0.2) is 0 Å². The minimum Gasteiger partial charge on any atom is -0.288 e. The summed E-state index contributed by atoms with van der Waals surface area (Å²) in [4.78, 5) is 11.9. The van der Waals surface area contributed by atoms with E-state index < -0.39 is 30.0 Å². The van der Waals surface area contributed by atoms with Crippen molar-refractivity contribution in [1.82, 2.24) is 0 Å². The van der Waals surface area contributed by atoms with Gasteiger partial charge in [-0.1, -0.05) is 30.0 Å². The molecule has 0 saturated heterocycles. The molecule has 0 radical (unpaired) electrons. The van der Waals surface area contributed by atoms with Crippen molar-refractivity contribution in [2.24, 2.45) is 0 Å². The molecule has 0 fully saturated rings. The number of thioether (sulfide) groups is 1. The fourth-order valence-corrected chi connectivity index (χ4v) is 4.62. The van der Waals surface area contributed by atoms with E-state index >= 15 is 0 Å². The Balaban J connectivity index is 2.15. The van der Waals surface area contributed by atoms with Crippen LogP contribution in [0.4, 0.5) is 0 Å². The third-order valence-electron chi connectivity index (χ3n) is 3.42. The minimum atomic E-state index is -4.78. The molecule has 0 spiro atoms. The van der Waals surface area contributed by atoms with E-state index in [0.717, 1.165) is 23.9 Å². The zero-order valence-electron chi connectivity index (χ0n) is 12.3. The second-order valence-corrected chi connectivity index (χ2v) is 8.98. The molecule has 1 aliphatic heterocycles. The molecule has 0 atom stereocenters. The lowest BCUT2D eigenvalue weighted by Crippen LogP contribution is -2.05. The van der Waals surface area contributed by atoms with Crippen molar-refractivity contribution in [1.29, 1.82) is 0 Å². The molecule has 1 aliphatic rings. The molecule has 0 unspecified atom stereocenters. The maximum absolute atomic E-state index is 12.4. The summed E-state index contributed by atoms with van der Waals surface area (Å²) in [6.07, 6.45) is 1.25. The lowest BCUT2D eigenvalue weighted by Gasteiger charge is -2.06. The highest BCUT2D eigenvalue weighted by atomic mass is 32.2. The summed E-state index contributed by atoms with van der Waals surface area (Å²) in [5.41, 5.74) is 0.403. The monoisotopic (exact) mass is 398 g/mol. The van der Waals surface area contributed by atoms with Gasteiger partial charge >= 0.3 is 0 Å². The fourth-order valence-electron chi connectivity index (χ4n) is 2.29. The van der Waals surface area contributed by atoms with Crippen LogP contribution in [0.1, 0.15) is 15.9 Å². The van der Waals surface area contributed by atoms with Gasteiger partial charge in [0.15, 0.2) is 0 Å². The van der Waals surface area contributed by atoms with Gasteiger partial charge in [-0.3, -0.25) is 13.9 Å². The maximum Gasteiger partial charge on any atom is 0.295 e. The second kappa shape index (κ2) is 6.07. The van der Waals surface area contributed by atoms with Crippen LogP contribution in [0, 0.1) is 0 Å².